The number of pyridine rings is 1. The monoisotopic (exact) mass is 461 g/mol. The van der Waals surface area contributed by atoms with Crippen LogP contribution in [0.3, 0.4) is 0 Å². The second-order valence-corrected chi connectivity index (χ2v) is 9.91. The van der Waals surface area contributed by atoms with Gasteiger partial charge in [0.15, 0.2) is 6.61 Å². The van der Waals surface area contributed by atoms with Crippen LogP contribution in [0.2, 0.25) is 0 Å². The van der Waals surface area contributed by atoms with Gasteiger partial charge in [-0.1, -0.05) is 31.1 Å². The molecule has 0 saturated heterocycles. The summed E-state index contributed by atoms with van der Waals surface area (Å²) in [6, 6.07) is 9.04. The number of amides is 1. The molecule has 1 aliphatic carbocycles. The van der Waals surface area contributed by atoms with Crippen molar-refractivity contribution < 1.29 is 18.6 Å². The van der Waals surface area contributed by atoms with Gasteiger partial charge in [0.2, 0.25) is 11.7 Å². The lowest BCUT2D eigenvalue weighted by Gasteiger charge is -2.16. The van der Waals surface area contributed by atoms with Crippen molar-refractivity contribution in [3.8, 4) is 5.75 Å². The van der Waals surface area contributed by atoms with Crippen molar-refractivity contribution in [2.24, 2.45) is 5.41 Å². The number of aromatic nitrogens is 4. The molecule has 34 heavy (non-hydrogen) atoms. The van der Waals surface area contributed by atoms with Crippen molar-refractivity contribution in [3.05, 3.63) is 59.0 Å². The molecular weight excluding hydrogens is 434 g/mol. The highest BCUT2D eigenvalue weighted by molar-refractivity contribution is 6.12. The van der Waals surface area contributed by atoms with Gasteiger partial charge in [0.05, 0.1) is 16.6 Å². The van der Waals surface area contributed by atoms with Crippen LogP contribution in [0.5, 0.6) is 5.75 Å². The number of ether oxygens (including phenoxy) is 1. The predicted molar refractivity (Wildman–Crippen MR) is 125 cm³/mol. The Bertz CT molecular complexity index is 1330. The van der Waals surface area contributed by atoms with E-state index >= 15 is 0 Å². The van der Waals surface area contributed by atoms with Crippen molar-refractivity contribution >= 4 is 22.7 Å². The fourth-order valence-corrected chi connectivity index (χ4v) is 3.80. The third-order valence-corrected chi connectivity index (χ3v) is 5.52. The summed E-state index contributed by atoms with van der Waals surface area (Å²) in [4.78, 5) is 22.1. The number of rotatable bonds is 7. The molecule has 0 bridgehead atoms. The third-order valence-electron chi connectivity index (χ3n) is 5.52. The largest absolute Gasteiger partial charge is 0.485 e. The molecule has 0 atom stereocenters. The Morgan fingerprint density at radius 1 is 1.12 bits per heavy atom. The maximum Gasteiger partial charge on any atom is 0.259 e. The van der Waals surface area contributed by atoms with E-state index in [2.05, 4.69) is 46.4 Å². The zero-order chi connectivity index (χ0) is 23.9. The van der Waals surface area contributed by atoms with E-state index in [1.165, 1.54) is 0 Å². The van der Waals surface area contributed by atoms with Gasteiger partial charge in [-0.15, -0.1) is 0 Å². The summed E-state index contributed by atoms with van der Waals surface area (Å²) in [5, 5.41) is 11.7. The number of hydrogen-bond donors (Lipinski definition) is 1. The Kier molecular flexibility index (Phi) is 5.55. The van der Waals surface area contributed by atoms with Crippen molar-refractivity contribution in [1.82, 2.24) is 20.3 Å². The number of fused-ring (bicyclic) bond motifs is 1. The summed E-state index contributed by atoms with van der Waals surface area (Å²) in [7, 11) is 0. The molecule has 0 spiro atoms. The van der Waals surface area contributed by atoms with E-state index < -0.39 is 0 Å². The first kappa shape index (κ1) is 22.1. The Balaban J connectivity index is 1.36. The summed E-state index contributed by atoms with van der Waals surface area (Å²) < 4.78 is 16.2. The van der Waals surface area contributed by atoms with Gasteiger partial charge in [0, 0.05) is 24.2 Å². The molecule has 176 valence electrons. The van der Waals surface area contributed by atoms with Crippen LogP contribution in [-0.2, 0) is 13.0 Å². The van der Waals surface area contributed by atoms with Gasteiger partial charge in [0.1, 0.15) is 5.75 Å². The first-order valence-electron chi connectivity index (χ1n) is 11.4. The fourth-order valence-electron chi connectivity index (χ4n) is 3.80. The van der Waals surface area contributed by atoms with Crippen LogP contribution >= 0.6 is 0 Å². The van der Waals surface area contributed by atoms with Gasteiger partial charge in [-0.2, -0.15) is 4.98 Å². The van der Waals surface area contributed by atoms with Gasteiger partial charge in [-0.25, -0.2) is 4.98 Å². The maximum atomic E-state index is 13.4. The fraction of sp³-hybridized carbons (Fsp3) is 0.400. The smallest absolute Gasteiger partial charge is 0.259 e. The highest BCUT2D eigenvalue weighted by Gasteiger charge is 2.30. The topological polar surface area (TPSA) is 116 Å². The average Bonchev–Trinajstić information content (AvgIpc) is 3.45. The number of hydrogen-bond acceptors (Lipinski definition) is 8. The predicted octanol–water partition coefficient (Wildman–Crippen LogP) is 5.21. The van der Waals surface area contributed by atoms with E-state index in [-0.39, 0.29) is 17.9 Å². The molecule has 3 aromatic heterocycles. The number of anilines is 1. The van der Waals surface area contributed by atoms with Gasteiger partial charge in [0.25, 0.3) is 11.6 Å². The lowest BCUT2D eigenvalue weighted by molar-refractivity contribution is 0.102. The van der Waals surface area contributed by atoms with Gasteiger partial charge in [-0.05, 0) is 55.0 Å². The second-order valence-electron chi connectivity index (χ2n) is 9.91. The molecule has 1 amide bonds. The minimum Gasteiger partial charge on any atom is -0.485 e. The van der Waals surface area contributed by atoms with Crippen molar-refractivity contribution in [2.75, 3.05) is 5.32 Å². The Labute approximate surface area is 196 Å². The molecule has 9 nitrogen and oxygen atoms in total. The molecule has 1 aromatic carbocycles. The lowest BCUT2D eigenvalue weighted by atomic mass is 9.89. The number of nitrogens with zero attached hydrogens (tertiary/aromatic N) is 4. The van der Waals surface area contributed by atoms with Crippen LogP contribution in [-0.4, -0.2) is 26.2 Å². The SMILES string of the molecule is Cc1nc(COc2ccc(NC(=O)c3cc(C4CC4)nc4onc(CC(C)(C)C)c34)cc2)no1. The minimum absolute atomic E-state index is 0.0112. The Morgan fingerprint density at radius 3 is 2.53 bits per heavy atom. The third kappa shape index (κ3) is 4.93. The van der Waals surface area contributed by atoms with Crippen molar-refractivity contribution in [1.29, 1.82) is 0 Å². The zero-order valence-corrected chi connectivity index (χ0v) is 19.7. The standard InChI is InChI=1S/C25H27N5O4/c1-14-26-21(30-33-14)13-32-17-9-7-16(8-10-17)27-23(31)18-11-19(15-5-6-15)28-24-22(18)20(29-34-24)12-25(2,3)4/h7-11,15H,5-6,12-13H2,1-4H3,(H,27,31). The highest BCUT2D eigenvalue weighted by atomic mass is 16.5. The molecule has 0 unspecified atom stereocenters. The summed E-state index contributed by atoms with van der Waals surface area (Å²) in [5.41, 5.74) is 3.25. The number of carbonyl (C=O) groups excluding carboxylic acids is 1. The van der Waals surface area contributed by atoms with Crippen LogP contribution in [0.4, 0.5) is 5.69 Å². The first-order valence-corrected chi connectivity index (χ1v) is 11.4. The quantitative estimate of drug-likeness (QED) is 0.399. The zero-order valence-electron chi connectivity index (χ0n) is 19.7. The van der Waals surface area contributed by atoms with Crippen molar-refractivity contribution in [2.45, 2.75) is 59.5 Å². The molecule has 5 rings (SSSR count). The van der Waals surface area contributed by atoms with E-state index in [1.54, 1.807) is 31.2 Å². The molecule has 1 N–H and O–H groups in total. The molecule has 1 fully saturated rings. The molecule has 3 heterocycles. The first-order chi connectivity index (χ1) is 16.2. The van der Waals surface area contributed by atoms with Crippen LogP contribution in [0, 0.1) is 12.3 Å². The van der Waals surface area contributed by atoms with E-state index in [0.717, 1.165) is 24.2 Å². The van der Waals surface area contributed by atoms with Crippen LogP contribution in [0.1, 0.15) is 73.0 Å². The van der Waals surface area contributed by atoms with E-state index in [0.29, 0.717) is 52.2 Å². The Morgan fingerprint density at radius 2 is 1.88 bits per heavy atom. The van der Waals surface area contributed by atoms with Crippen LogP contribution in [0.15, 0.2) is 39.4 Å². The van der Waals surface area contributed by atoms with E-state index in [1.807, 2.05) is 6.07 Å². The molecule has 1 saturated carbocycles. The minimum atomic E-state index is -0.219. The number of benzene rings is 1. The van der Waals surface area contributed by atoms with E-state index in [9.17, 15) is 4.79 Å². The van der Waals surface area contributed by atoms with Gasteiger partial charge < -0.3 is 19.1 Å². The average molecular weight is 462 g/mol. The summed E-state index contributed by atoms with van der Waals surface area (Å²) in [5.74, 6) is 1.76. The summed E-state index contributed by atoms with van der Waals surface area (Å²) in [6.07, 6.45) is 2.83. The van der Waals surface area contributed by atoms with Gasteiger partial charge >= 0.3 is 0 Å². The number of aryl methyl sites for hydroxylation is 1. The molecular formula is C25H27N5O4. The Hall–Kier alpha value is -3.75. The highest BCUT2D eigenvalue weighted by Crippen LogP contribution is 2.41. The summed E-state index contributed by atoms with van der Waals surface area (Å²) in [6.45, 7) is 8.31. The molecule has 9 heteroatoms. The summed E-state index contributed by atoms with van der Waals surface area (Å²) >= 11 is 0. The number of carbonyl (C=O) groups is 1. The molecule has 1 aliphatic rings. The normalized spacial score (nSPS) is 13.9. The number of nitrogens with one attached hydrogen (secondary N) is 1. The second kappa shape index (κ2) is 8.55. The maximum absolute atomic E-state index is 13.4. The molecule has 0 radical (unpaired) electrons. The lowest BCUT2D eigenvalue weighted by Crippen LogP contribution is -2.15. The molecule has 0 aliphatic heterocycles. The van der Waals surface area contributed by atoms with Gasteiger partial charge in [-0.3, -0.25) is 4.79 Å². The van der Waals surface area contributed by atoms with E-state index in [4.69, 9.17) is 13.8 Å². The van der Waals surface area contributed by atoms with Crippen LogP contribution in [0.25, 0.3) is 11.1 Å². The van der Waals surface area contributed by atoms with Crippen LogP contribution < -0.4 is 10.1 Å². The van der Waals surface area contributed by atoms with Crippen molar-refractivity contribution in [3.63, 3.8) is 0 Å². The molecule has 4 aromatic rings.